The molecule has 198 valence electrons. The molecule has 6 rings (SSSR count). The van der Waals surface area contributed by atoms with E-state index < -0.39 is 40.9 Å². The number of nitrogens with zero attached hydrogens (tertiary/aromatic N) is 2. The zero-order chi connectivity index (χ0) is 27.1. The lowest BCUT2D eigenvalue weighted by Gasteiger charge is -2.31. The van der Waals surface area contributed by atoms with Crippen LogP contribution in [0.2, 0.25) is 0 Å². The molecule has 0 spiro atoms. The fourth-order valence-electron chi connectivity index (χ4n) is 5.91. The van der Waals surface area contributed by atoms with Gasteiger partial charge >= 0.3 is 5.97 Å². The molecule has 0 saturated carbocycles. The molecule has 11 heteroatoms. The van der Waals surface area contributed by atoms with E-state index in [2.05, 4.69) is 10.3 Å². The van der Waals surface area contributed by atoms with Crippen LogP contribution in [0.4, 0.5) is 8.78 Å². The Bertz CT molecular complexity index is 1630. The number of carbonyl (C=O) groups is 2. The predicted molar refractivity (Wildman–Crippen MR) is 130 cm³/mol. The van der Waals surface area contributed by atoms with Gasteiger partial charge in [-0.2, -0.15) is 0 Å². The van der Waals surface area contributed by atoms with E-state index in [0.29, 0.717) is 27.9 Å². The topological polar surface area (TPSA) is 131 Å². The fraction of sp³-hybridized carbons (Fsp3) is 0.407. The van der Waals surface area contributed by atoms with Gasteiger partial charge < -0.3 is 24.8 Å². The van der Waals surface area contributed by atoms with Gasteiger partial charge in [-0.15, -0.1) is 0 Å². The van der Waals surface area contributed by atoms with Gasteiger partial charge in [-0.3, -0.25) is 9.59 Å². The van der Waals surface area contributed by atoms with E-state index in [1.807, 2.05) is 0 Å². The van der Waals surface area contributed by atoms with E-state index in [4.69, 9.17) is 4.74 Å². The normalized spacial score (nSPS) is 21.6. The van der Waals surface area contributed by atoms with E-state index in [-0.39, 0.29) is 66.9 Å². The third-order valence-electron chi connectivity index (χ3n) is 7.89. The standard InChI is InChI=1S/C27H25F2N3O6/c1-3-27(37)15-7-19-24-13(9-32(19)25(35)14(15)10-38-26(27)36)22-17(30-20(34)5-4-11(2)33)6-12-21(22)18(31-24)8-16(28)23(12)29/h7-8,11,17,33,37H,3-6,9-10H2,1-2H3,(H,30,34)/t11?,17?,27-/m0/s1. The number of nitrogens with one attached hydrogen (secondary N) is 1. The molecule has 2 unspecified atom stereocenters. The van der Waals surface area contributed by atoms with E-state index in [0.717, 1.165) is 6.07 Å². The highest BCUT2D eigenvalue weighted by atomic mass is 19.2. The van der Waals surface area contributed by atoms with Gasteiger partial charge in [0.15, 0.2) is 17.2 Å². The molecular weight excluding hydrogens is 500 g/mol. The summed E-state index contributed by atoms with van der Waals surface area (Å²) in [5.74, 6) is -3.28. The molecule has 0 fully saturated rings. The van der Waals surface area contributed by atoms with Crippen molar-refractivity contribution in [3.8, 4) is 11.4 Å². The van der Waals surface area contributed by atoms with E-state index in [9.17, 15) is 33.4 Å². The van der Waals surface area contributed by atoms with Crippen molar-refractivity contribution in [3.63, 3.8) is 0 Å². The number of hydrogen-bond acceptors (Lipinski definition) is 7. The lowest BCUT2D eigenvalue weighted by Crippen LogP contribution is -2.44. The molecule has 0 bridgehead atoms. The summed E-state index contributed by atoms with van der Waals surface area (Å²) >= 11 is 0. The van der Waals surface area contributed by atoms with Crippen LogP contribution in [-0.4, -0.2) is 37.7 Å². The molecule has 3 N–H and O–H groups in total. The molecule has 1 aliphatic carbocycles. The predicted octanol–water partition coefficient (Wildman–Crippen LogP) is 2.23. The molecule has 2 aliphatic heterocycles. The number of halogens is 2. The number of hydrogen-bond donors (Lipinski definition) is 3. The second-order valence-corrected chi connectivity index (χ2v) is 10.2. The van der Waals surface area contributed by atoms with Crippen LogP contribution in [0.3, 0.4) is 0 Å². The number of aliphatic hydroxyl groups excluding tert-OH is 1. The largest absolute Gasteiger partial charge is 0.458 e. The first kappa shape index (κ1) is 24.6. The Labute approximate surface area is 215 Å². The summed E-state index contributed by atoms with van der Waals surface area (Å²) in [7, 11) is 0. The van der Waals surface area contributed by atoms with Crippen LogP contribution in [0.1, 0.15) is 67.0 Å². The van der Waals surface area contributed by atoms with Gasteiger partial charge in [-0.25, -0.2) is 18.6 Å². The van der Waals surface area contributed by atoms with Gasteiger partial charge in [0.2, 0.25) is 5.91 Å². The smallest absolute Gasteiger partial charge is 0.343 e. The number of aliphatic hydroxyl groups is 2. The number of carbonyl (C=O) groups excluding carboxylic acids is 2. The van der Waals surface area contributed by atoms with Crippen LogP contribution >= 0.6 is 0 Å². The molecular formula is C27H25F2N3O6. The minimum Gasteiger partial charge on any atom is -0.458 e. The molecule has 4 heterocycles. The lowest BCUT2D eigenvalue weighted by molar-refractivity contribution is -0.172. The van der Waals surface area contributed by atoms with Crippen molar-refractivity contribution < 1.29 is 33.3 Å². The van der Waals surface area contributed by atoms with Crippen LogP contribution in [-0.2, 0) is 39.5 Å². The van der Waals surface area contributed by atoms with Gasteiger partial charge in [-0.05, 0) is 31.4 Å². The van der Waals surface area contributed by atoms with E-state index >= 15 is 0 Å². The van der Waals surface area contributed by atoms with Crippen molar-refractivity contribution in [1.29, 1.82) is 0 Å². The average Bonchev–Trinajstić information content (AvgIpc) is 3.43. The Kier molecular flexibility index (Phi) is 5.45. The zero-order valence-electron chi connectivity index (χ0n) is 20.7. The molecule has 0 saturated heterocycles. The minimum absolute atomic E-state index is 0.00759. The highest BCUT2D eigenvalue weighted by Gasteiger charge is 2.46. The number of esters is 1. The van der Waals surface area contributed by atoms with Gasteiger partial charge in [0, 0.05) is 41.0 Å². The third kappa shape index (κ3) is 3.34. The molecule has 1 amide bonds. The number of benzene rings is 1. The maximum absolute atomic E-state index is 14.9. The maximum Gasteiger partial charge on any atom is 0.343 e. The molecule has 2 aromatic heterocycles. The summed E-state index contributed by atoms with van der Waals surface area (Å²) in [4.78, 5) is 43.2. The van der Waals surface area contributed by atoms with Crippen molar-refractivity contribution in [3.05, 3.63) is 61.9 Å². The highest BCUT2D eigenvalue weighted by molar-refractivity contribution is 5.94. The summed E-state index contributed by atoms with van der Waals surface area (Å²) in [6.07, 6.45) is -0.387. The highest BCUT2D eigenvalue weighted by Crippen LogP contribution is 2.46. The Hall–Kier alpha value is -3.70. The molecule has 3 aromatic rings. The fourth-order valence-corrected chi connectivity index (χ4v) is 5.91. The van der Waals surface area contributed by atoms with Crippen molar-refractivity contribution in [1.82, 2.24) is 14.9 Å². The summed E-state index contributed by atoms with van der Waals surface area (Å²) in [6.45, 7) is 2.96. The average molecular weight is 526 g/mol. The second-order valence-electron chi connectivity index (χ2n) is 10.2. The number of ether oxygens (including phenoxy) is 1. The molecule has 9 nitrogen and oxygen atoms in total. The number of pyridine rings is 2. The summed E-state index contributed by atoms with van der Waals surface area (Å²) in [6, 6.07) is 1.84. The summed E-state index contributed by atoms with van der Waals surface area (Å²) in [5, 5.41) is 23.9. The zero-order valence-corrected chi connectivity index (χ0v) is 20.7. The van der Waals surface area contributed by atoms with Crippen LogP contribution in [0.25, 0.3) is 22.3 Å². The lowest BCUT2D eigenvalue weighted by atomic mass is 9.86. The van der Waals surface area contributed by atoms with E-state index in [1.54, 1.807) is 19.9 Å². The number of aromatic nitrogens is 2. The van der Waals surface area contributed by atoms with Gasteiger partial charge in [0.25, 0.3) is 5.56 Å². The molecule has 3 aliphatic rings. The number of fused-ring (bicyclic) bond motifs is 5. The number of amides is 1. The van der Waals surface area contributed by atoms with Crippen LogP contribution < -0.4 is 10.9 Å². The van der Waals surface area contributed by atoms with Gasteiger partial charge in [0.1, 0.15) is 6.61 Å². The monoisotopic (exact) mass is 525 g/mol. The Morgan fingerprint density at radius 2 is 2.05 bits per heavy atom. The molecule has 1 aromatic carbocycles. The molecule has 0 radical (unpaired) electrons. The van der Waals surface area contributed by atoms with Crippen molar-refractivity contribution >= 4 is 22.8 Å². The first-order chi connectivity index (χ1) is 18.0. The quantitative estimate of drug-likeness (QED) is 0.341. The van der Waals surface area contributed by atoms with Gasteiger partial charge in [0.05, 0.1) is 41.2 Å². The SMILES string of the molecule is CC[C@@]1(O)C(=O)OCc2c1cc1n(c2=O)Cc2c-1nc1cc(F)c(F)c3c1c2C(NC(=O)CCC(C)O)C3. The Balaban J connectivity index is 1.55. The van der Waals surface area contributed by atoms with Crippen molar-refractivity contribution in [2.24, 2.45) is 0 Å². The van der Waals surface area contributed by atoms with Crippen LogP contribution in [0.5, 0.6) is 0 Å². The Morgan fingerprint density at radius 3 is 2.76 bits per heavy atom. The Morgan fingerprint density at radius 1 is 1.29 bits per heavy atom. The van der Waals surface area contributed by atoms with Crippen molar-refractivity contribution in [2.75, 3.05) is 0 Å². The summed E-state index contributed by atoms with van der Waals surface area (Å²) in [5.41, 5.74) is -0.0584. The first-order valence-corrected chi connectivity index (χ1v) is 12.5. The molecule has 3 atom stereocenters. The third-order valence-corrected chi connectivity index (χ3v) is 7.89. The van der Waals surface area contributed by atoms with Crippen molar-refractivity contribution in [2.45, 2.75) is 70.4 Å². The van der Waals surface area contributed by atoms with Gasteiger partial charge in [-0.1, -0.05) is 6.92 Å². The maximum atomic E-state index is 14.9. The van der Waals surface area contributed by atoms with E-state index in [1.165, 1.54) is 4.57 Å². The second kappa shape index (κ2) is 8.40. The number of rotatable bonds is 5. The first-order valence-electron chi connectivity index (χ1n) is 12.5. The number of cyclic esters (lactones) is 1. The van der Waals surface area contributed by atoms with Crippen LogP contribution in [0.15, 0.2) is 16.9 Å². The molecule has 38 heavy (non-hydrogen) atoms. The summed E-state index contributed by atoms with van der Waals surface area (Å²) < 4.78 is 36.0. The van der Waals surface area contributed by atoms with Crippen LogP contribution in [0, 0.1) is 11.6 Å². The minimum atomic E-state index is -2.00.